The van der Waals surface area contributed by atoms with Crippen LogP contribution in [0.2, 0.25) is 0 Å². The smallest absolute Gasteiger partial charge is 0.273 e. The van der Waals surface area contributed by atoms with Crippen LogP contribution in [0.15, 0.2) is 40.9 Å². The van der Waals surface area contributed by atoms with Crippen LogP contribution in [0.4, 0.5) is 5.82 Å². The van der Waals surface area contributed by atoms with Crippen molar-refractivity contribution >= 4 is 11.7 Å². The molecule has 3 heterocycles. The molecule has 1 saturated heterocycles. The van der Waals surface area contributed by atoms with Gasteiger partial charge in [-0.25, -0.2) is 0 Å². The molecule has 0 spiro atoms. The largest absolute Gasteiger partial charge is 0.382 e. The Labute approximate surface area is 157 Å². The summed E-state index contributed by atoms with van der Waals surface area (Å²) in [6.45, 7) is 4.78. The van der Waals surface area contributed by atoms with Crippen molar-refractivity contribution in [3.63, 3.8) is 0 Å². The summed E-state index contributed by atoms with van der Waals surface area (Å²) in [4.78, 5) is 15.2. The van der Waals surface area contributed by atoms with Crippen molar-refractivity contribution < 1.29 is 9.32 Å². The van der Waals surface area contributed by atoms with Gasteiger partial charge in [0, 0.05) is 18.5 Å². The predicted octanol–water partition coefficient (Wildman–Crippen LogP) is 3.75. The number of carbonyl (C=O) groups excluding carboxylic acids is 1. The number of nitrogens with one attached hydrogen (secondary N) is 1. The lowest BCUT2D eigenvalue weighted by atomic mass is 10.0. The number of nitrogen functional groups attached to an aromatic ring is 1. The molecule has 7 nitrogen and oxygen atoms in total. The first-order chi connectivity index (χ1) is 13.1. The highest BCUT2D eigenvalue weighted by atomic mass is 16.5. The van der Waals surface area contributed by atoms with E-state index in [1.54, 1.807) is 0 Å². The minimum Gasteiger partial charge on any atom is -0.382 e. The Kier molecular flexibility index (Phi) is 4.43. The number of aromatic amines is 1. The van der Waals surface area contributed by atoms with Gasteiger partial charge in [-0.05, 0) is 18.4 Å². The highest BCUT2D eigenvalue weighted by Crippen LogP contribution is 2.36. The predicted molar refractivity (Wildman–Crippen MR) is 102 cm³/mol. The summed E-state index contributed by atoms with van der Waals surface area (Å²) in [7, 11) is 0. The molecule has 1 aliphatic rings. The molecule has 3 aromatic rings. The van der Waals surface area contributed by atoms with Crippen molar-refractivity contribution in [2.75, 3.05) is 12.3 Å². The van der Waals surface area contributed by atoms with E-state index < -0.39 is 0 Å². The molecule has 1 fully saturated rings. The van der Waals surface area contributed by atoms with Crippen LogP contribution in [0.5, 0.6) is 0 Å². The van der Waals surface area contributed by atoms with Gasteiger partial charge in [0.1, 0.15) is 17.1 Å². The van der Waals surface area contributed by atoms with Gasteiger partial charge < -0.3 is 15.2 Å². The standard InChI is InChI=1S/C20H23N5O2/c1-12(2)16-11-14(24-27-16)15-9-6-10-25(15)20(26)18-17(19(21)23-22-18)13-7-4-3-5-8-13/h3-5,7-8,11-12,15H,6,9-10H2,1-2H3,(H3,21,22,23)/t15-/m1/s1. The van der Waals surface area contributed by atoms with Gasteiger partial charge in [-0.3, -0.25) is 9.89 Å². The van der Waals surface area contributed by atoms with Crippen molar-refractivity contribution in [3.8, 4) is 11.1 Å². The Hall–Kier alpha value is -3.09. The summed E-state index contributed by atoms with van der Waals surface area (Å²) in [5.41, 5.74) is 8.79. The third-order valence-electron chi connectivity index (χ3n) is 5.04. The van der Waals surface area contributed by atoms with E-state index in [9.17, 15) is 4.79 Å². The Morgan fingerprint density at radius 1 is 1.33 bits per heavy atom. The number of nitrogens with zero attached hydrogens (tertiary/aromatic N) is 3. The van der Waals surface area contributed by atoms with E-state index >= 15 is 0 Å². The molecule has 3 N–H and O–H groups in total. The molecule has 4 rings (SSSR count). The summed E-state index contributed by atoms with van der Waals surface area (Å²) < 4.78 is 5.44. The summed E-state index contributed by atoms with van der Waals surface area (Å²) >= 11 is 0. The Bertz CT molecular complexity index is 944. The summed E-state index contributed by atoms with van der Waals surface area (Å²) in [6, 6.07) is 11.5. The van der Waals surface area contributed by atoms with Gasteiger partial charge in [0.2, 0.25) is 0 Å². The monoisotopic (exact) mass is 365 g/mol. The first-order valence-corrected chi connectivity index (χ1v) is 9.23. The topological polar surface area (TPSA) is 101 Å². The molecule has 7 heteroatoms. The number of benzene rings is 1. The molecule has 0 unspecified atom stereocenters. The number of anilines is 1. The molecule has 0 radical (unpaired) electrons. The number of nitrogens with two attached hydrogens (primary N) is 1. The lowest BCUT2D eigenvalue weighted by Gasteiger charge is -2.22. The summed E-state index contributed by atoms with van der Waals surface area (Å²) in [5, 5.41) is 11.1. The molecular weight excluding hydrogens is 342 g/mol. The molecule has 27 heavy (non-hydrogen) atoms. The first kappa shape index (κ1) is 17.3. The first-order valence-electron chi connectivity index (χ1n) is 9.23. The number of carbonyl (C=O) groups is 1. The van der Waals surface area contributed by atoms with Crippen LogP contribution in [-0.2, 0) is 0 Å². The van der Waals surface area contributed by atoms with Crippen molar-refractivity contribution in [1.29, 1.82) is 0 Å². The number of likely N-dealkylation sites (tertiary alicyclic amines) is 1. The molecular formula is C20H23N5O2. The lowest BCUT2D eigenvalue weighted by molar-refractivity contribution is 0.0725. The SMILES string of the molecule is CC(C)c1cc([C@H]2CCCN2C(=O)c2[nH]nc(N)c2-c2ccccc2)no1. The minimum absolute atomic E-state index is 0.0955. The molecule has 0 aliphatic carbocycles. The number of H-pyrrole nitrogens is 1. The zero-order chi connectivity index (χ0) is 19.0. The fourth-order valence-electron chi connectivity index (χ4n) is 3.60. The van der Waals surface area contributed by atoms with Crippen molar-refractivity contribution in [3.05, 3.63) is 53.5 Å². The summed E-state index contributed by atoms with van der Waals surface area (Å²) in [6.07, 6.45) is 1.78. The van der Waals surface area contributed by atoms with Crippen molar-refractivity contribution in [2.45, 2.75) is 38.6 Å². The van der Waals surface area contributed by atoms with E-state index in [0.717, 1.165) is 29.9 Å². The van der Waals surface area contributed by atoms with Crippen LogP contribution in [0.25, 0.3) is 11.1 Å². The molecule has 1 aliphatic heterocycles. The van der Waals surface area contributed by atoms with Crippen LogP contribution in [0.3, 0.4) is 0 Å². The van der Waals surface area contributed by atoms with Gasteiger partial charge in [0.05, 0.1) is 11.6 Å². The highest BCUT2D eigenvalue weighted by Gasteiger charge is 2.35. The maximum atomic E-state index is 13.3. The van der Waals surface area contributed by atoms with E-state index in [4.69, 9.17) is 10.3 Å². The van der Waals surface area contributed by atoms with Gasteiger partial charge >= 0.3 is 0 Å². The highest BCUT2D eigenvalue weighted by molar-refractivity contribution is 6.01. The van der Waals surface area contributed by atoms with Gasteiger partial charge in [0.25, 0.3) is 5.91 Å². The number of rotatable bonds is 4. The molecule has 0 saturated carbocycles. The normalized spacial score (nSPS) is 17.0. The second kappa shape index (κ2) is 6.90. The quantitative estimate of drug-likeness (QED) is 0.733. The fourth-order valence-corrected chi connectivity index (χ4v) is 3.60. The zero-order valence-corrected chi connectivity index (χ0v) is 15.5. The van der Waals surface area contributed by atoms with Crippen molar-refractivity contribution in [2.24, 2.45) is 0 Å². The molecule has 1 aromatic carbocycles. The van der Waals surface area contributed by atoms with Crippen LogP contribution < -0.4 is 5.73 Å². The fraction of sp³-hybridized carbons (Fsp3) is 0.350. The van der Waals surface area contributed by atoms with E-state index in [1.165, 1.54) is 0 Å². The van der Waals surface area contributed by atoms with Gasteiger partial charge in [-0.2, -0.15) is 5.10 Å². The molecule has 1 atom stereocenters. The molecule has 2 aromatic heterocycles. The second-order valence-corrected chi connectivity index (χ2v) is 7.19. The Morgan fingerprint density at radius 3 is 2.81 bits per heavy atom. The average Bonchev–Trinajstić information content (AvgIpc) is 3.40. The lowest BCUT2D eigenvalue weighted by Crippen LogP contribution is -2.31. The second-order valence-electron chi connectivity index (χ2n) is 7.19. The maximum absolute atomic E-state index is 13.3. The van der Waals surface area contributed by atoms with E-state index in [1.807, 2.05) is 41.3 Å². The average molecular weight is 365 g/mol. The van der Waals surface area contributed by atoms with E-state index in [0.29, 0.717) is 23.6 Å². The number of aromatic nitrogens is 3. The third kappa shape index (κ3) is 3.09. The molecule has 1 amide bonds. The minimum atomic E-state index is -0.116. The van der Waals surface area contributed by atoms with Crippen LogP contribution in [0.1, 0.15) is 60.6 Å². The number of hydrogen-bond donors (Lipinski definition) is 2. The van der Waals surface area contributed by atoms with Crippen LogP contribution >= 0.6 is 0 Å². The Morgan fingerprint density at radius 2 is 2.11 bits per heavy atom. The van der Waals surface area contributed by atoms with Gasteiger partial charge in [-0.15, -0.1) is 0 Å². The third-order valence-corrected chi connectivity index (χ3v) is 5.04. The molecule has 140 valence electrons. The Balaban J connectivity index is 1.66. The van der Waals surface area contributed by atoms with Crippen LogP contribution in [0, 0.1) is 0 Å². The zero-order valence-electron chi connectivity index (χ0n) is 15.5. The van der Waals surface area contributed by atoms with Gasteiger partial charge in [-0.1, -0.05) is 49.3 Å². The molecule has 0 bridgehead atoms. The summed E-state index contributed by atoms with van der Waals surface area (Å²) in [5.74, 6) is 1.30. The van der Waals surface area contributed by atoms with Crippen molar-refractivity contribution in [1.82, 2.24) is 20.3 Å². The van der Waals surface area contributed by atoms with E-state index in [2.05, 4.69) is 29.2 Å². The maximum Gasteiger partial charge on any atom is 0.273 e. The van der Waals surface area contributed by atoms with Gasteiger partial charge in [0.15, 0.2) is 5.82 Å². The van der Waals surface area contributed by atoms with E-state index in [-0.39, 0.29) is 17.9 Å². The number of amides is 1. The van der Waals surface area contributed by atoms with Crippen LogP contribution in [-0.4, -0.2) is 32.7 Å². The number of hydrogen-bond acceptors (Lipinski definition) is 5.